The van der Waals surface area contributed by atoms with E-state index in [1.165, 1.54) is 38.5 Å². The zero-order valence-corrected chi connectivity index (χ0v) is 11.4. The highest BCUT2D eigenvalue weighted by Crippen LogP contribution is 2.25. The summed E-state index contributed by atoms with van der Waals surface area (Å²) in [6, 6.07) is 0. The summed E-state index contributed by atoms with van der Waals surface area (Å²) in [7, 11) is 0. The van der Waals surface area contributed by atoms with Gasteiger partial charge in [-0.25, -0.2) is 0 Å². The molecule has 102 valence electrons. The Bertz CT molecular complexity index is 192. The molecule has 17 heavy (non-hydrogen) atoms. The molecule has 1 unspecified atom stereocenters. The smallest absolute Gasteiger partial charge is 0.163 e. The fourth-order valence-corrected chi connectivity index (χ4v) is 2.27. The summed E-state index contributed by atoms with van der Waals surface area (Å²) >= 11 is 0. The van der Waals surface area contributed by atoms with Crippen LogP contribution < -0.4 is 0 Å². The first-order valence-electron chi connectivity index (χ1n) is 7.07. The van der Waals surface area contributed by atoms with Gasteiger partial charge in [0.05, 0.1) is 12.7 Å². The Morgan fingerprint density at radius 2 is 1.59 bits per heavy atom. The normalized spacial score (nSPS) is 23.1. The van der Waals surface area contributed by atoms with Crippen molar-refractivity contribution < 1.29 is 14.6 Å². The van der Waals surface area contributed by atoms with Gasteiger partial charge in [0.1, 0.15) is 0 Å². The number of hydrogen-bond donors (Lipinski definition) is 1. The van der Waals surface area contributed by atoms with Crippen LogP contribution in [0.2, 0.25) is 0 Å². The summed E-state index contributed by atoms with van der Waals surface area (Å²) in [5.74, 6) is -0.366. The SMILES string of the molecule is CC1(C)OCC(CCCCCCCCCO)O1. The predicted molar refractivity (Wildman–Crippen MR) is 68.9 cm³/mol. The van der Waals surface area contributed by atoms with Crippen molar-refractivity contribution >= 4 is 0 Å². The van der Waals surface area contributed by atoms with Gasteiger partial charge in [0, 0.05) is 6.61 Å². The number of ether oxygens (including phenoxy) is 2. The lowest BCUT2D eigenvalue weighted by molar-refractivity contribution is -0.139. The van der Waals surface area contributed by atoms with Crippen molar-refractivity contribution in [3.8, 4) is 0 Å². The van der Waals surface area contributed by atoms with Crippen molar-refractivity contribution in [2.75, 3.05) is 13.2 Å². The number of aliphatic hydroxyl groups is 1. The molecule has 0 aromatic heterocycles. The van der Waals surface area contributed by atoms with Crippen LogP contribution in [-0.4, -0.2) is 30.2 Å². The van der Waals surface area contributed by atoms with E-state index < -0.39 is 0 Å². The quantitative estimate of drug-likeness (QED) is 0.633. The lowest BCUT2D eigenvalue weighted by Crippen LogP contribution is -2.21. The Kier molecular flexibility index (Phi) is 7.09. The number of hydrogen-bond acceptors (Lipinski definition) is 3. The summed E-state index contributed by atoms with van der Waals surface area (Å²) in [6.07, 6.45) is 9.96. The van der Waals surface area contributed by atoms with Crippen LogP contribution in [0.25, 0.3) is 0 Å². The van der Waals surface area contributed by atoms with E-state index in [9.17, 15) is 0 Å². The molecule has 0 saturated carbocycles. The molecule has 1 N–H and O–H groups in total. The predicted octanol–water partition coefficient (Wildman–Crippen LogP) is 3.25. The minimum Gasteiger partial charge on any atom is -0.396 e. The zero-order chi connectivity index (χ0) is 12.6. The Morgan fingerprint density at radius 3 is 2.12 bits per heavy atom. The lowest BCUT2D eigenvalue weighted by Gasteiger charge is -2.16. The van der Waals surface area contributed by atoms with E-state index in [1.54, 1.807) is 0 Å². The molecule has 0 bridgehead atoms. The van der Waals surface area contributed by atoms with Gasteiger partial charge >= 0.3 is 0 Å². The van der Waals surface area contributed by atoms with Gasteiger partial charge in [-0.3, -0.25) is 0 Å². The van der Waals surface area contributed by atoms with Gasteiger partial charge in [0.15, 0.2) is 5.79 Å². The van der Waals surface area contributed by atoms with E-state index in [0.29, 0.717) is 12.7 Å². The van der Waals surface area contributed by atoms with Gasteiger partial charge in [-0.05, 0) is 26.7 Å². The van der Waals surface area contributed by atoms with Gasteiger partial charge in [0.25, 0.3) is 0 Å². The second kappa shape index (κ2) is 8.06. The molecule has 1 saturated heterocycles. The fraction of sp³-hybridized carbons (Fsp3) is 1.00. The van der Waals surface area contributed by atoms with E-state index in [1.807, 2.05) is 13.8 Å². The largest absolute Gasteiger partial charge is 0.396 e. The Morgan fingerprint density at radius 1 is 1.00 bits per heavy atom. The molecular formula is C14H28O3. The summed E-state index contributed by atoms with van der Waals surface area (Å²) in [5.41, 5.74) is 0. The number of aliphatic hydroxyl groups excluding tert-OH is 1. The molecule has 1 heterocycles. The average Bonchev–Trinajstić information content (AvgIpc) is 2.62. The van der Waals surface area contributed by atoms with E-state index in [2.05, 4.69) is 0 Å². The third kappa shape index (κ3) is 7.02. The van der Waals surface area contributed by atoms with Gasteiger partial charge in [0.2, 0.25) is 0 Å². The first-order chi connectivity index (χ1) is 8.14. The van der Waals surface area contributed by atoms with E-state index >= 15 is 0 Å². The topological polar surface area (TPSA) is 38.7 Å². The average molecular weight is 244 g/mol. The first-order valence-corrected chi connectivity index (χ1v) is 7.07. The monoisotopic (exact) mass is 244 g/mol. The van der Waals surface area contributed by atoms with Crippen LogP contribution in [0.4, 0.5) is 0 Å². The first kappa shape index (κ1) is 14.9. The molecule has 3 nitrogen and oxygen atoms in total. The van der Waals surface area contributed by atoms with Gasteiger partial charge in [-0.2, -0.15) is 0 Å². The maximum atomic E-state index is 8.64. The minimum absolute atomic E-state index is 0.305. The van der Waals surface area contributed by atoms with Crippen LogP contribution in [0.1, 0.15) is 65.2 Å². The standard InChI is InChI=1S/C14H28O3/c1-14(2)16-12-13(17-14)10-8-6-4-3-5-7-9-11-15/h13,15H,3-12H2,1-2H3. The van der Waals surface area contributed by atoms with Crippen LogP contribution in [-0.2, 0) is 9.47 Å². The van der Waals surface area contributed by atoms with Gasteiger partial charge < -0.3 is 14.6 Å². The number of rotatable bonds is 9. The highest BCUT2D eigenvalue weighted by Gasteiger charge is 2.31. The molecule has 1 aliphatic heterocycles. The summed E-state index contributed by atoms with van der Waals surface area (Å²) in [5, 5.41) is 8.64. The van der Waals surface area contributed by atoms with Crippen LogP contribution in [0.15, 0.2) is 0 Å². The van der Waals surface area contributed by atoms with Crippen molar-refractivity contribution in [1.82, 2.24) is 0 Å². The molecule has 1 fully saturated rings. The molecule has 0 aliphatic carbocycles. The van der Waals surface area contributed by atoms with Crippen LogP contribution >= 0.6 is 0 Å². The zero-order valence-electron chi connectivity index (χ0n) is 11.4. The van der Waals surface area contributed by atoms with Crippen molar-refractivity contribution in [2.45, 2.75) is 77.1 Å². The molecule has 1 aliphatic rings. The Hall–Kier alpha value is -0.120. The molecule has 0 amide bonds. The molecule has 0 aromatic rings. The molecule has 3 heteroatoms. The molecule has 1 atom stereocenters. The van der Waals surface area contributed by atoms with Crippen LogP contribution in [0.3, 0.4) is 0 Å². The highest BCUT2D eigenvalue weighted by atomic mass is 16.7. The third-order valence-electron chi connectivity index (χ3n) is 3.25. The van der Waals surface area contributed by atoms with E-state index in [-0.39, 0.29) is 5.79 Å². The Labute approximate surface area is 105 Å². The summed E-state index contributed by atoms with van der Waals surface area (Å²) in [6.45, 7) is 5.06. The molecule has 0 radical (unpaired) electrons. The van der Waals surface area contributed by atoms with Gasteiger partial charge in [-0.1, -0.05) is 38.5 Å². The van der Waals surface area contributed by atoms with E-state index in [0.717, 1.165) is 19.4 Å². The fourth-order valence-electron chi connectivity index (χ4n) is 2.27. The minimum atomic E-state index is -0.366. The lowest BCUT2D eigenvalue weighted by atomic mass is 10.1. The maximum absolute atomic E-state index is 8.64. The summed E-state index contributed by atoms with van der Waals surface area (Å²) < 4.78 is 11.3. The van der Waals surface area contributed by atoms with Crippen LogP contribution in [0.5, 0.6) is 0 Å². The van der Waals surface area contributed by atoms with Crippen molar-refractivity contribution in [3.05, 3.63) is 0 Å². The third-order valence-corrected chi connectivity index (χ3v) is 3.25. The maximum Gasteiger partial charge on any atom is 0.163 e. The molecular weight excluding hydrogens is 216 g/mol. The second-order valence-corrected chi connectivity index (χ2v) is 5.44. The Balaban J connectivity index is 1.85. The van der Waals surface area contributed by atoms with Crippen molar-refractivity contribution in [1.29, 1.82) is 0 Å². The number of unbranched alkanes of at least 4 members (excludes halogenated alkanes) is 6. The van der Waals surface area contributed by atoms with Crippen molar-refractivity contribution in [3.63, 3.8) is 0 Å². The summed E-state index contributed by atoms with van der Waals surface area (Å²) in [4.78, 5) is 0. The second-order valence-electron chi connectivity index (χ2n) is 5.44. The molecule has 1 rings (SSSR count). The highest BCUT2D eigenvalue weighted by molar-refractivity contribution is 4.70. The van der Waals surface area contributed by atoms with Crippen LogP contribution in [0, 0.1) is 0 Å². The van der Waals surface area contributed by atoms with E-state index in [4.69, 9.17) is 14.6 Å². The van der Waals surface area contributed by atoms with Crippen molar-refractivity contribution in [2.24, 2.45) is 0 Å². The molecule has 0 spiro atoms. The molecule has 0 aromatic carbocycles. The van der Waals surface area contributed by atoms with Gasteiger partial charge in [-0.15, -0.1) is 0 Å².